The van der Waals surface area contributed by atoms with E-state index in [0.717, 1.165) is 71.6 Å². The number of hydrogen-bond donors (Lipinski definition) is 3. The van der Waals surface area contributed by atoms with Crippen LogP contribution in [0.2, 0.25) is 0 Å². The van der Waals surface area contributed by atoms with Gasteiger partial charge < -0.3 is 19.8 Å². The summed E-state index contributed by atoms with van der Waals surface area (Å²) < 4.78 is 5.78. The van der Waals surface area contributed by atoms with Crippen LogP contribution >= 0.6 is 0 Å². The molecule has 6 atom stereocenters. The van der Waals surface area contributed by atoms with E-state index in [4.69, 9.17) is 14.7 Å². The van der Waals surface area contributed by atoms with Crippen molar-refractivity contribution in [3.05, 3.63) is 72.6 Å². The molecule has 4 aromatic rings. The molecule has 10 heteroatoms. The van der Waals surface area contributed by atoms with Crippen molar-refractivity contribution in [1.82, 2.24) is 29.7 Å². The van der Waals surface area contributed by atoms with E-state index < -0.39 is 11.7 Å². The van der Waals surface area contributed by atoms with Crippen LogP contribution in [0.1, 0.15) is 76.6 Å². The second-order valence-electron chi connectivity index (χ2n) is 14.1. The minimum absolute atomic E-state index is 0.0781. The molecule has 4 fully saturated rings. The molecule has 8 rings (SSSR count). The molecule has 4 heterocycles. The molecule has 6 unspecified atom stereocenters. The number of benzene rings is 2. The molecule has 2 amide bonds. The Balaban J connectivity index is 1.14. The summed E-state index contributed by atoms with van der Waals surface area (Å²) in [6.45, 7) is 5.68. The summed E-state index contributed by atoms with van der Waals surface area (Å²) in [5.74, 6) is 2.26. The quantitative estimate of drug-likeness (QED) is 0.217. The van der Waals surface area contributed by atoms with E-state index in [1.165, 1.54) is 0 Å². The first-order valence-electron chi connectivity index (χ1n) is 16.0. The minimum atomic E-state index is -0.875. The van der Waals surface area contributed by atoms with Crippen LogP contribution in [-0.4, -0.2) is 64.7 Å². The van der Waals surface area contributed by atoms with E-state index >= 15 is 0 Å². The fourth-order valence-electron chi connectivity index (χ4n) is 7.97. The molecule has 0 radical (unpaired) electrons. The highest BCUT2D eigenvalue weighted by Crippen LogP contribution is 2.54. The van der Waals surface area contributed by atoms with Gasteiger partial charge in [-0.05, 0) is 81.9 Å². The lowest BCUT2D eigenvalue weighted by Gasteiger charge is -2.31. The molecule has 2 saturated carbocycles. The van der Waals surface area contributed by atoms with Crippen molar-refractivity contribution in [1.29, 1.82) is 0 Å². The summed E-state index contributed by atoms with van der Waals surface area (Å²) in [5, 5.41) is 9.93. The van der Waals surface area contributed by atoms with Crippen LogP contribution in [0.25, 0.3) is 33.6 Å². The number of carboxylic acid groups (broad SMARTS) is 1. The molecule has 4 aliphatic rings. The van der Waals surface area contributed by atoms with E-state index in [2.05, 4.69) is 40.3 Å². The van der Waals surface area contributed by atoms with Crippen molar-refractivity contribution < 1.29 is 19.4 Å². The second kappa shape index (κ2) is 10.2. The number of carbonyl (C=O) groups excluding carboxylic acids is 1. The molecule has 45 heavy (non-hydrogen) atoms. The van der Waals surface area contributed by atoms with Crippen LogP contribution in [0.5, 0.6) is 0 Å². The third-order valence-electron chi connectivity index (χ3n) is 10.0. The number of hydrogen-bond acceptors (Lipinski definition) is 5. The van der Waals surface area contributed by atoms with Crippen LogP contribution in [0.15, 0.2) is 60.9 Å². The Morgan fingerprint density at radius 1 is 0.844 bits per heavy atom. The number of H-pyrrole nitrogens is 2. The maximum absolute atomic E-state index is 13.2. The van der Waals surface area contributed by atoms with Crippen LogP contribution in [0.3, 0.4) is 0 Å². The van der Waals surface area contributed by atoms with Gasteiger partial charge in [0, 0.05) is 23.2 Å². The lowest BCUT2D eigenvalue weighted by molar-refractivity contribution is 0.0175. The highest BCUT2D eigenvalue weighted by atomic mass is 16.6. The first kappa shape index (κ1) is 27.9. The zero-order valence-corrected chi connectivity index (χ0v) is 25.7. The van der Waals surface area contributed by atoms with E-state index in [1.54, 1.807) is 4.90 Å². The van der Waals surface area contributed by atoms with Gasteiger partial charge in [-0.2, -0.15) is 0 Å². The number of fused-ring (bicyclic) bond motifs is 3. The first-order valence-corrected chi connectivity index (χ1v) is 16.0. The Morgan fingerprint density at radius 3 is 2.38 bits per heavy atom. The summed E-state index contributed by atoms with van der Waals surface area (Å²) in [5.41, 5.74) is 5.19. The number of nitrogens with one attached hydrogen (secondary N) is 2. The Morgan fingerprint density at radius 2 is 1.60 bits per heavy atom. The van der Waals surface area contributed by atoms with E-state index in [0.29, 0.717) is 17.7 Å². The molecule has 2 aromatic carbocycles. The highest BCUT2D eigenvalue weighted by molar-refractivity contribution is 5.85. The first-order chi connectivity index (χ1) is 21.6. The van der Waals surface area contributed by atoms with Gasteiger partial charge in [0.2, 0.25) is 0 Å². The molecule has 3 N–H and O–H groups in total. The molecule has 0 spiro atoms. The molecule has 10 nitrogen and oxygen atoms in total. The lowest BCUT2D eigenvalue weighted by atomic mass is 9.95. The summed E-state index contributed by atoms with van der Waals surface area (Å²) in [7, 11) is 0. The van der Waals surface area contributed by atoms with Gasteiger partial charge in [0.05, 0.1) is 35.9 Å². The number of imidazole rings is 2. The van der Waals surface area contributed by atoms with Crippen LogP contribution in [-0.2, 0) is 4.74 Å². The van der Waals surface area contributed by atoms with Gasteiger partial charge in [0.1, 0.15) is 17.2 Å². The number of piperidine rings is 2. The number of amides is 2. The topological polar surface area (TPSA) is 127 Å². The summed E-state index contributed by atoms with van der Waals surface area (Å²) in [6, 6.07) is 16.5. The molecular formula is C35H38N6O4. The minimum Gasteiger partial charge on any atom is -0.465 e. The standard InChI is InChI=1S/C35H38N6O4/c1-35(2,3)45-34(44)41-28-15-22(28)16-29(41)31-36-18-27(39-31)25-14-20(10-12-24(25)19-7-5-4-6-8-19)26-17-37-32(38-26)30-21-9-11-23(13-21)40(30)33(42)43/h4-8,10,12,14,17-18,21-23,28-30H,9,11,13,15-16H2,1-3H3,(H,36,39)(H,37,38)(H,42,43). The molecule has 2 aliphatic carbocycles. The molecule has 232 valence electrons. The monoisotopic (exact) mass is 606 g/mol. The average molecular weight is 607 g/mol. The van der Waals surface area contributed by atoms with E-state index in [9.17, 15) is 14.7 Å². The maximum atomic E-state index is 13.2. The van der Waals surface area contributed by atoms with E-state index in [-0.39, 0.29) is 30.3 Å². The van der Waals surface area contributed by atoms with Crippen LogP contribution in [0, 0.1) is 11.8 Å². The molecule has 2 bridgehead atoms. The Hall–Kier alpha value is -4.60. The number of aromatic nitrogens is 4. The largest absolute Gasteiger partial charge is 0.465 e. The summed E-state index contributed by atoms with van der Waals surface area (Å²) in [6.07, 6.45) is 7.25. The van der Waals surface area contributed by atoms with Gasteiger partial charge in [-0.3, -0.25) is 9.80 Å². The molecule has 2 aliphatic heterocycles. The predicted octanol–water partition coefficient (Wildman–Crippen LogP) is 7.41. The average Bonchev–Trinajstić information content (AvgIpc) is 3.64. The number of likely N-dealkylation sites (tertiary alicyclic amines) is 2. The fourth-order valence-corrected chi connectivity index (χ4v) is 7.97. The van der Waals surface area contributed by atoms with Gasteiger partial charge in [0.15, 0.2) is 0 Å². The van der Waals surface area contributed by atoms with Crippen molar-refractivity contribution in [2.24, 2.45) is 11.8 Å². The van der Waals surface area contributed by atoms with Crippen LogP contribution < -0.4 is 0 Å². The number of ether oxygens (including phenoxy) is 1. The summed E-state index contributed by atoms with van der Waals surface area (Å²) >= 11 is 0. The normalized spacial score (nSPS) is 26.7. The highest BCUT2D eigenvalue weighted by Gasteiger charge is 2.56. The zero-order chi connectivity index (χ0) is 31.0. The van der Waals surface area contributed by atoms with Crippen LogP contribution in [0.4, 0.5) is 9.59 Å². The Kier molecular flexibility index (Phi) is 6.34. The summed E-state index contributed by atoms with van der Waals surface area (Å²) in [4.78, 5) is 45.4. The smallest absolute Gasteiger partial charge is 0.411 e. The van der Waals surface area contributed by atoms with Crippen molar-refractivity contribution in [2.75, 3.05) is 0 Å². The third-order valence-corrected chi connectivity index (χ3v) is 10.0. The van der Waals surface area contributed by atoms with Crippen molar-refractivity contribution in [3.63, 3.8) is 0 Å². The number of aromatic amines is 2. The van der Waals surface area contributed by atoms with Crippen molar-refractivity contribution in [3.8, 4) is 33.6 Å². The fraction of sp³-hybridized carbons (Fsp3) is 0.429. The lowest BCUT2D eigenvalue weighted by Crippen LogP contribution is -2.39. The van der Waals surface area contributed by atoms with Crippen molar-refractivity contribution >= 4 is 12.2 Å². The second-order valence-corrected chi connectivity index (χ2v) is 14.1. The van der Waals surface area contributed by atoms with Gasteiger partial charge in [-0.1, -0.05) is 42.5 Å². The Bertz CT molecular complexity index is 1770. The maximum Gasteiger partial charge on any atom is 0.411 e. The number of nitrogens with zero attached hydrogens (tertiary/aromatic N) is 4. The van der Waals surface area contributed by atoms with Gasteiger partial charge in [-0.25, -0.2) is 19.6 Å². The molecule has 2 aromatic heterocycles. The Labute approximate surface area is 261 Å². The van der Waals surface area contributed by atoms with Gasteiger partial charge >= 0.3 is 12.2 Å². The van der Waals surface area contributed by atoms with Crippen molar-refractivity contribution in [2.45, 2.75) is 82.6 Å². The zero-order valence-electron chi connectivity index (χ0n) is 25.7. The van der Waals surface area contributed by atoms with E-state index in [1.807, 2.05) is 56.3 Å². The molecule has 2 saturated heterocycles. The SMILES string of the molecule is CC(C)(C)OC(=O)N1C(c2ncc(-c3cc(-c4cnc(C5C6CCC(C6)N5C(=O)O)[nH]4)ccc3-c3ccccc3)[nH]2)CC2CC21. The number of rotatable bonds is 5. The number of carbonyl (C=O) groups is 2. The predicted molar refractivity (Wildman–Crippen MR) is 168 cm³/mol. The van der Waals surface area contributed by atoms with Gasteiger partial charge in [0.25, 0.3) is 0 Å². The third kappa shape index (κ3) is 4.87. The van der Waals surface area contributed by atoms with Gasteiger partial charge in [-0.15, -0.1) is 0 Å². The molecular weight excluding hydrogens is 568 g/mol.